The van der Waals surface area contributed by atoms with Crippen LogP contribution >= 0.6 is 0 Å². The number of carboxylic acid groups (broad SMARTS) is 1. The van der Waals surface area contributed by atoms with Gasteiger partial charge in [0.05, 0.1) is 22.5 Å². The number of aromatic amines is 1. The molecule has 2 unspecified atom stereocenters. The lowest BCUT2D eigenvalue weighted by Crippen LogP contribution is -2.54. The third-order valence-corrected chi connectivity index (χ3v) is 6.02. The minimum absolute atomic E-state index is 0.0577. The standard InChI is InChI=1S/C15H17F3N2O4S/c1-4-14(13(21)22)7-9(10-5-6-19-20-10)11(15(16,17)18)8(2)12(14)25(3,23)24/h5-7,12H,4H2,1-3H3,(H,19,20)(H,21,22)/p-1. The lowest BCUT2D eigenvalue weighted by atomic mass is 9.71. The number of aromatic nitrogens is 2. The van der Waals surface area contributed by atoms with Gasteiger partial charge in [-0.15, -0.1) is 0 Å². The Morgan fingerprint density at radius 2 is 2.04 bits per heavy atom. The first-order chi connectivity index (χ1) is 11.4. The highest BCUT2D eigenvalue weighted by Crippen LogP contribution is 2.50. The monoisotopic (exact) mass is 377 g/mol. The summed E-state index contributed by atoms with van der Waals surface area (Å²) in [4.78, 5) is 11.8. The highest BCUT2D eigenvalue weighted by Gasteiger charge is 2.52. The number of H-pyrrole nitrogens is 1. The van der Waals surface area contributed by atoms with Gasteiger partial charge in [0, 0.05) is 23.4 Å². The maximum atomic E-state index is 13.7. The molecule has 1 aliphatic rings. The topological polar surface area (TPSA) is 103 Å². The molecule has 25 heavy (non-hydrogen) atoms. The summed E-state index contributed by atoms with van der Waals surface area (Å²) >= 11 is 0. The van der Waals surface area contributed by atoms with E-state index in [1.54, 1.807) is 0 Å². The van der Waals surface area contributed by atoms with Crippen molar-refractivity contribution in [1.29, 1.82) is 0 Å². The second-order valence-corrected chi connectivity index (χ2v) is 8.11. The molecule has 0 aliphatic heterocycles. The van der Waals surface area contributed by atoms with E-state index in [2.05, 4.69) is 10.2 Å². The first kappa shape index (κ1) is 19.2. The SMILES string of the molecule is CCC1(C(=O)[O-])C=C(c2ccn[nH]2)C(C(F)(F)F)=C(C)C1S(C)(=O)=O. The predicted molar refractivity (Wildman–Crippen MR) is 81.7 cm³/mol. The van der Waals surface area contributed by atoms with Crippen LogP contribution in [0.4, 0.5) is 13.2 Å². The van der Waals surface area contributed by atoms with Crippen LogP contribution in [0.5, 0.6) is 0 Å². The maximum absolute atomic E-state index is 13.7. The van der Waals surface area contributed by atoms with Crippen LogP contribution in [0.3, 0.4) is 0 Å². The van der Waals surface area contributed by atoms with Gasteiger partial charge >= 0.3 is 6.18 Å². The number of nitrogens with one attached hydrogen (secondary N) is 1. The molecule has 0 amide bonds. The average Bonchev–Trinajstić information content (AvgIpc) is 2.96. The van der Waals surface area contributed by atoms with Crippen molar-refractivity contribution in [2.45, 2.75) is 31.7 Å². The Morgan fingerprint density at radius 3 is 2.40 bits per heavy atom. The zero-order valence-corrected chi connectivity index (χ0v) is 14.5. The van der Waals surface area contributed by atoms with Gasteiger partial charge in [-0.1, -0.05) is 13.0 Å². The summed E-state index contributed by atoms with van der Waals surface area (Å²) in [7, 11) is -4.17. The van der Waals surface area contributed by atoms with Crippen molar-refractivity contribution in [3.8, 4) is 0 Å². The Balaban J connectivity index is 2.94. The fourth-order valence-electron chi connectivity index (χ4n) is 3.43. The van der Waals surface area contributed by atoms with Gasteiger partial charge in [-0.05, 0) is 25.0 Å². The number of alkyl halides is 3. The van der Waals surface area contributed by atoms with Gasteiger partial charge in [0.1, 0.15) is 0 Å². The molecular formula is C15H16F3N2O4S-. The van der Waals surface area contributed by atoms with Crippen LogP contribution in [-0.4, -0.2) is 42.3 Å². The van der Waals surface area contributed by atoms with E-state index < -0.39 is 49.4 Å². The molecule has 0 saturated heterocycles. The van der Waals surface area contributed by atoms with Crippen molar-refractivity contribution < 1.29 is 31.5 Å². The van der Waals surface area contributed by atoms with Crippen molar-refractivity contribution in [2.24, 2.45) is 5.41 Å². The van der Waals surface area contributed by atoms with Gasteiger partial charge in [0.25, 0.3) is 0 Å². The molecule has 1 aromatic rings. The van der Waals surface area contributed by atoms with Crippen LogP contribution in [0.2, 0.25) is 0 Å². The van der Waals surface area contributed by atoms with Gasteiger partial charge in [0.15, 0.2) is 9.84 Å². The van der Waals surface area contributed by atoms with Crippen molar-refractivity contribution >= 4 is 21.4 Å². The number of allylic oxidation sites excluding steroid dienone is 2. The number of nitrogens with zero attached hydrogens (tertiary/aromatic N) is 1. The number of carboxylic acids is 1. The van der Waals surface area contributed by atoms with E-state index in [1.165, 1.54) is 19.2 Å². The van der Waals surface area contributed by atoms with E-state index in [4.69, 9.17) is 0 Å². The second kappa shape index (κ2) is 6.01. The lowest BCUT2D eigenvalue weighted by Gasteiger charge is -2.43. The first-order valence-electron chi connectivity index (χ1n) is 7.27. The zero-order chi connectivity index (χ0) is 19.2. The Bertz CT molecular complexity index is 854. The molecule has 2 atom stereocenters. The van der Waals surface area contributed by atoms with Crippen LogP contribution in [0, 0.1) is 5.41 Å². The Kier molecular flexibility index (Phi) is 4.62. The highest BCUT2D eigenvalue weighted by atomic mass is 32.2. The second-order valence-electron chi connectivity index (χ2n) is 5.98. The minimum atomic E-state index is -4.88. The smallest absolute Gasteiger partial charge is 0.417 e. The molecule has 0 bridgehead atoms. The third-order valence-electron chi connectivity index (χ3n) is 4.39. The Morgan fingerprint density at radius 1 is 1.44 bits per heavy atom. The minimum Gasteiger partial charge on any atom is -0.549 e. The molecule has 0 saturated carbocycles. The maximum Gasteiger partial charge on any atom is 0.417 e. The van der Waals surface area contributed by atoms with Gasteiger partial charge in [-0.3, -0.25) is 5.10 Å². The molecule has 0 spiro atoms. The predicted octanol–water partition coefficient (Wildman–Crippen LogP) is 1.24. The summed E-state index contributed by atoms with van der Waals surface area (Å²) in [5, 5.41) is 15.9. The van der Waals surface area contributed by atoms with Crippen LogP contribution in [0.15, 0.2) is 29.5 Å². The number of aliphatic carboxylic acids is 1. The number of rotatable bonds is 4. The molecule has 1 aliphatic carbocycles. The number of hydrogen-bond donors (Lipinski definition) is 1. The summed E-state index contributed by atoms with van der Waals surface area (Å²) in [6.07, 6.45) is -2.37. The van der Waals surface area contributed by atoms with Crippen molar-refractivity contribution in [1.82, 2.24) is 10.2 Å². The van der Waals surface area contributed by atoms with E-state index in [9.17, 15) is 31.5 Å². The zero-order valence-electron chi connectivity index (χ0n) is 13.6. The quantitative estimate of drug-likeness (QED) is 0.851. The summed E-state index contributed by atoms with van der Waals surface area (Å²) in [5.41, 5.74) is -4.39. The number of halogens is 3. The van der Waals surface area contributed by atoms with Crippen LogP contribution < -0.4 is 5.11 Å². The number of carbonyl (C=O) groups excluding carboxylic acids is 1. The van der Waals surface area contributed by atoms with Gasteiger partial charge in [-0.25, -0.2) is 8.42 Å². The molecule has 0 radical (unpaired) electrons. The molecule has 10 heteroatoms. The Hall–Kier alpha value is -2.10. The number of carbonyl (C=O) groups is 1. The molecule has 6 nitrogen and oxygen atoms in total. The van der Waals surface area contributed by atoms with Crippen LogP contribution in [0.25, 0.3) is 5.57 Å². The van der Waals surface area contributed by atoms with E-state index in [-0.39, 0.29) is 12.1 Å². The van der Waals surface area contributed by atoms with Crippen molar-refractivity contribution in [3.63, 3.8) is 0 Å². The van der Waals surface area contributed by atoms with Crippen molar-refractivity contribution in [3.05, 3.63) is 35.2 Å². The van der Waals surface area contributed by atoms with Gasteiger partial charge in [0.2, 0.25) is 0 Å². The van der Waals surface area contributed by atoms with Crippen molar-refractivity contribution in [2.75, 3.05) is 6.26 Å². The lowest BCUT2D eigenvalue weighted by molar-refractivity contribution is -0.316. The van der Waals surface area contributed by atoms with Gasteiger partial charge < -0.3 is 9.90 Å². The fourth-order valence-corrected chi connectivity index (χ4v) is 5.29. The number of hydrogen-bond acceptors (Lipinski definition) is 5. The molecular weight excluding hydrogens is 361 g/mol. The number of sulfone groups is 1. The van der Waals surface area contributed by atoms with Crippen LogP contribution in [0.1, 0.15) is 26.0 Å². The summed E-state index contributed by atoms with van der Waals surface area (Å²) in [5.74, 6) is -1.75. The highest BCUT2D eigenvalue weighted by molar-refractivity contribution is 7.91. The normalized spacial score (nSPS) is 25.0. The van der Waals surface area contributed by atoms with Crippen LogP contribution in [-0.2, 0) is 14.6 Å². The van der Waals surface area contributed by atoms with E-state index in [0.29, 0.717) is 0 Å². The third kappa shape index (κ3) is 3.10. The molecule has 1 N–H and O–H groups in total. The van der Waals surface area contributed by atoms with Gasteiger partial charge in [-0.2, -0.15) is 18.3 Å². The molecule has 1 aromatic heterocycles. The van der Waals surface area contributed by atoms with E-state index in [0.717, 1.165) is 19.3 Å². The first-order valence-corrected chi connectivity index (χ1v) is 9.23. The van der Waals surface area contributed by atoms with E-state index in [1.807, 2.05) is 0 Å². The summed E-state index contributed by atoms with van der Waals surface area (Å²) < 4.78 is 65.4. The molecule has 0 fully saturated rings. The molecule has 1 heterocycles. The average molecular weight is 377 g/mol. The fraction of sp³-hybridized carbons (Fsp3) is 0.467. The molecule has 0 aromatic carbocycles. The largest absolute Gasteiger partial charge is 0.549 e. The summed E-state index contributed by atoms with van der Waals surface area (Å²) in [6, 6.07) is 1.25. The summed E-state index contributed by atoms with van der Waals surface area (Å²) in [6.45, 7) is 2.38. The molecule has 138 valence electrons. The van der Waals surface area contributed by atoms with E-state index >= 15 is 0 Å². The Labute approximate surface area is 142 Å². The molecule has 2 rings (SSSR count).